The van der Waals surface area contributed by atoms with Crippen LogP contribution in [0.4, 0.5) is 11.4 Å². The average molecular weight is 237 g/mol. The van der Waals surface area contributed by atoms with E-state index in [0.717, 1.165) is 5.69 Å². The number of rotatable bonds is 5. The Morgan fingerprint density at radius 1 is 1.47 bits per heavy atom. The second-order valence-corrected chi connectivity index (χ2v) is 4.55. The Balaban J connectivity index is 2.73. The number of benzene rings is 1. The lowest BCUT2D eigenvalue weighted by molar-refractivity contribution is -0.125. The molecule has 17 heavy (non-hydrogen) atoms. The molecule has 0 aromatic heterocycles. The molecular weight excluding hydrogens is 218 g/mol. The molecule has 0 heterocycles. The molecule has 0 saturated carbocycles. The van der Waals surface area contributed by atoms with Gasteiger partial charge in [-0.2, -0.15) is 0 Å². The van der Waals surface area contributed by atoms with Crippen molar-refractivity contribution in [1.29, 1.82) is 0 Å². The molecule has 0 radical (unpaired) electrons. The molecule has 1 rings (SSSR count). The summed E-state index contributed by atoms with van der Waals surface area (Å²) in [5.74, 6) is 0.347. The highest BCUT2D eigenvalue weighted by Crippen LogP contribution is 2.25. The summed E-state index contributed by atoms with van der Waals surface area (Å²) in [5, 5.41) is 3.10. The zero-order chi connectivity index (χ0) is 13.1. The van der Waals surface area contributed by atoms with E-state index in [1.807, 2.05) is 6.07 Å². The van der Waals surface area contributed by atoms with Gasteiger partial charge in [0.1, 0.15) is 5.75 Å². The molecule has 1 aromatic rings. The molecule has 1 aromatic carbocycles. The molecule has 0 saturated heterocycles. The van der Waals surface area contributed by atoms with Crippen molar-refractivity contribution in [2.75, 3.05) is 24.7 Å². The predicted octanol–water partition coefficient (Wildman–Crippen LogP) is 1.20. The van der Waals surface area contributed by atoms with Gasteiger partial charge in [0.25, 0.3) is 0 Å². The number of primary amides is 1. The van der Waals surface area contributed by atoms with Gasteiger partial charge in [0.05, 0.1) is 23.9 Å². The molecule has 0 bridgehead atoms. The Kier molecular flexibility index (Phi) is 3.83. The Morgan fingerprint density at radius 2 is 2.12 bits per heavy atom. The van der Waals surface area contributed by atoms with Gasteiger partial charge in [0.15, 0.2) is 0 Å². The quantitative estimate of drug-likeness (QED) is 0.671. The van der Waals surface area contributed by atoms with E-state index in [2.05, 4.69) is 5.32 Å². The summed E-state index contributed by atoms with van der Waals surface area (Å²) in [5.41, 5.74) is 11.9. The molecule has 5 nitrogen and oxygen atoms in total. The molecule has 5 N–H and O–H groups in total. The summed E-state index contributed by atoms with van der Waals surface area (Å²) in [4.78, 5) is 11.2. The van der Waals surface area contributed by atoms with Gasteiger partial charge in [0, 0.05) is 12.6 Å². The minimum absolute atomic E-state index is 0.350. The van der Waals surface area contributed by atoms with Gasteiger partial charge in [-0.3, -0.25) is 4.79 Å². The second kappa shape index (κ2) is 4.95. The van der Waals surface area contributed by atoms with E-state index in [-0.39, 0.29) is 5.91 Å². The van der Waals surface area contributed by atoms with Crippen LogP contribution in [0.2, 0.25) is 0 Å². The van der Waals surface area contributed by atoms with E-state index in [1.54, 1.807) is 33.1 Å². The van der Waals surface area contributed by atoms with Gasteiger partial charge < -0.3 is 21.5 Å². The number of hydrogen-bond acceptors (Lipinski definition) is 4. The molecule has 0 unspecified atom stereocenters. The molecule has 0 aliphatic heterocycles. The molecule has 0 aliphatic rings. The summed E-state index contributed by atoms with van der Waals surface area (Å²) in [6, 6.07) is 5.33. The van der Waals surface area contributed by atoms with Crippen LogP contribution in [0, 0.1) is 5.41 Å². The molecule has 0 atom stereocenters. The van der Waals surface area contributed by atoms with Crippen LogP contribution in [0.25, 0.3) is 0 Å². The fraction of sp³-hybridized carbons (Fsp3) is 0.417. The minimum Gasteiger partial charge on any atom is -0.497 e. The first-order valence-electron chi connectivity index (χ1n) is 5.34. The zero-order valence-corrected chi connectivity index (χ0v) is 10.4. The van der Waals surface area contributed by atoms with Crippen molar-refractivity contribution in [3.8, 4) is 5.75 Å². The third kappa shape index (κ3) is 3.27. The summed E-state index contributed by atoms with van der Waals surface area (Å²) >= 11 is 0. The lowest BCUT2D eigenvalue weighted by Gasteiger charge is -2.22. The molecule has 0 aliphatic carbocycles. The van der Waals surface area contributed by atoms with Crippen molar-refractivity contribution >= 4 is 17.3 Å². The van der Waals surface area contributed by atoms with Crippen LogP contribution in [0.5, 0.6) is 5.75 Å². The van der Waals surface area contributed by atoms with E-state index in [1.165, 1.54) is 0 Å². The van der Waals surface area contributed by atoms with Crippen LogP contribution in [0.1, 0.15) is 13.8 Å². The maximum atomic E-state index is 11.2. The number of anilines is 2. The fourth-order valence-corrected chi connectivity index (χ4v) is 1.23. The lowest BCUT2D eigenvalue weighted by atomic mass is 9.92. The molecular formula is C12H19N3O2. The average Bonchev–Trinajstić information content (AvgIpc) is 2.27. The summed E-state index contributed by atoms with van der Waals surface area (Å²) < 4.78 is 5.05. The summed E-state index contributed by atoms with van der Waals surface area (Å²) in [6.45, 7) is 3.99. The standard InChI is InChI=1S/C12H19N3O2/c1-12(2,11(14)16)7-15-10-5-4-8(17-3)6-9(10)13/h4-6,15H,7,13H2,1-3H3,(H2,14,16). The van der Waals surface area contributed by atoms with Gasteiger partial charge in [-0.1, -0.05) is 0 Å². The number of amides is 1. The van der Waals surface area contributed by atoms with Crippen LogP contribution >= 0.6 is 0 Å². The number of nitrogens with one attached hydrogen (secondary N) is 1. The second-order valence-electron chi connectivity index (χ2n) is 4.55. The van der Waals surface area contributed by atoms with Crippen molar-refractivity contribution in [2.24, 2.45) is 11.1 Å². The highest BCUT2D eigenvalue weighted by molar-refractivity contribution is 5.81. The van der Waals surface area contributed by atoms with E-state index in [4.69, 9.17) is 16.2 Å². The smallest absolute Gasteiger partial charge is 0.224 e. The van der Waals surface area contributed by atoms with Crippen molar-refractivity contribution < 1.29 is 9.53 Å². The first-order chi connectivity index (χ1) is 7.86. The Morgan fingerprint density at radius 3 is 2.59 bits per heavy atom. The molecule has 94 valence electrons. The van der Waals surface area contributed by atoms with Crippen molar-refractivity contribution in [3.05, 3.63) is 18.2 Å². The number of nitrogen functional groups attached to an aromatic ring is 1. The number of carbonyl (C=O) groups is 1. The number of nitrogens with two attached hydrogens (primary N) is 2. The fourth-order valence-electron chi connectivity index (χ4n) is 1.23. The number of methoxy groups -OCH3 is 1. The van der Waals surface area contributed by atoms with E-state index in [0.29, 0.717) is 18.0 Å². The van der Waals surface area contributed by atoms with Crippen LogP contribution < -0.4 is 21.5 Å². The van der Waals surface area contributed by atoms with Crippen LogP contribution in [-0.2, 0) is 4.79 Å². The van der Waals surface area contributed by atoms with Crippen LogP contribution in [0.3, 0.4) is 0 Å². The molecule has 5 heteroatoms. The van der Waals surface area contributed by atoms with Crippen molar-refractivity contribution in [1.82, 2.24) is 0 Å². The van der Waals surface area contributed by atoms with Crippen LogP contribution in [0.15, 0.2) is 18.2 Å². The SMILES string of the molecule is COc1ccc(NCC(C)(C)C(N)=O)c(N)c1. The highest BCUT2D eigenvalue weighted by Gasteiger charge is 2.24. The lowest BCUT2D eigenvalue weighted by Crippen LogP contribution is -2.37. The van der Waals surface area contributed by atoms with Gasteiger partial charge in [0.2, 0.25) is 5.91 Å². The summed E-state index contributed by atoms with van der Waals surface area (Å²) in [6.07, 6.45) is 0. The topological polar surface area (TPSA) is 90.4 Å². The maximum Gasteiger partial charge on any atom is 0.224 e. The molecule has 0 fully saturated rings. The Bertz CT molecular complexity index is 416. The first kappa shape index (κ1) is 13.2. The Hall–Kier alpha value is -1.91. The van der Waals surface area contributed by atoms with Gasteiger partial charge in [-0.15, -0.1) is 0 Å². The van der Waals surface area contributed by atoms with Gasteiger partial charge in [-0.25, -0.2) is 0 Å². The van der Waals surface area contributed by atoms with Gasteiger partial charge in [-0.05, 0) is 26.0 Å². The first-order valence-corrected chi connectivity index (χ1v) is 5.34. The largest absolute Gasteiger partial charge is 0.497 e. The number of hydrogen-bond donors (Lipinski definition) is 3. The third-order valence-electron chi connectivity index (χ3n) is 2.65. The Labute approximate surface area is 101 Å². The van der Waals surface area contributed by atoms with E-state index >= 15 is 0 Å². The molecule has 1 amide bonds. The predicted molar refractivity (Wildman–Crippen MR) is 68.9 cm³/mol. The van der Waals surface area contributed by atoms with E-state index in [9.17, 15) is 4.79 Å². The number of ether oxygens (including phenoxy) is 1. The van der Waals surface area contributed by atoms with E-state index < -0.39 is 5.41 Å². The summed E-state index contributed by atoms with van der Waals surface area (Å²) in [7, 11) is 1.58. The number of carbonyl (C=O) groups excluding carboxylic acids is 1. The monoisotopic (exact) mass is 237 g/mol. The van der Waals surface area contributed by atoms with Gasteiger partial charge >= 0.3 is 0 Å². The van der Waals surface area contributed by atoms with Crippen molar-refractivity contribution in [2.45, 2.75) is 13.8 Å². The minimum atomic E-state index is -0.619. The highest BCUT2D eigenvalue weighted by atomic mass is 16.5. The molecule has 0 spiro atoms. The normalized spacial score (nSPS) is 11.0. The van der Waals surface area contributed by atoms with Crippen LogP contribution in [-0.4, -0.2) is 19.6 Å². The third-order valence-corrected chi connectivity index (χ3v) is 2.65. The zero-order valence-electron chi connectivity index (χ0n) is 10.4. The maximum absolute atomic E-state index is 11.2. The van der Waals surface area contributed by atoms with Crippen molar-refractivity contribution in [3.63, 3.8) is 0 Å².